The number of hydrogen-bond acceptors (Lipinski definition) is 2. The van der Waals surface area contributed by atoms with E-state index in [-0.39, 0.29) is 11.8 Å². The molecule has 0 unspecified atom stereocenters. The van der Waals surface area contributed by atoms with Crippen LogP contribution in [-0.2, 0) is 6.42 Å². The van der Waals surface area contributed by atoms with Gasteiger partial charge in [0, 0.05) is 37.3 Å². The Labute approximate surface area is 173 Å². The van der Waals surface area contributed by atoms with Gasteiger partial charge in [0.15, 0.2) is 0 Å². The van der Waals surface area contributed by atoms with Crippen molar-refractivity contribution in [1.82, 2.24) is 9.80 Å². The van der Waals surface area contributed by atoms with Gasteiger partial charge in [-0.1, -0.05) is 29.8 Å². The molecule has 0 spiro atoms. The quantitative estimate of drug-likeness (QED) is 0.780. The second-order valence-corrected chi connectivity index (χ2v) is 8.51. The van der Waals surface area contributed by atoms with Crippen LogP contribution in [0, 0.1) is 12.8 Å². The predicted octanol–water partition coefficient (Wildman–Crippen LogP) is 4.33. The zero-order chi connectivity index (χ0) is 20.2. The number of likely N-dealkylation sites (tertiary alicyclic amines) is 2. The van der Waals surface area contributed by atoms with Crippen molar-refractivity contribution in [3.05, 3.63) is 70.8 Å². The maximum Gasteiger partial charge on any atom is 0.253 e. The molecule has 4 rings (SSSR count). The van der Waals surface area contributed by atoms with Crippen LogP contribution in [0.1, 0.15) is 57.5 Å². The van der Waals surface area contributed by atoms with Crippen LogP contribution < -0.4 is 0 Å². The van der Waals surface area contributed by atoms with Crippen molar-refractivity contribution in [2.45, 2.75) is 39.0 Å². The number of carbonyl (C=O) groups excluding carboxylic acids is 2. The van der Waals surface area contributed by atoms with E-state index in [1.165, 1.54) is 5.56 Å². The molecule has 0 N–H and O–H groups in total. The fourth-order valence-corrected chi connectivity index (χ4v) is 4.52. The number of hydrogen-bond donors (Lipinski definition) is 0. The van der Waals surface area contributed by atoms with Crippen LogP contribution in [0.3, 0.4) is 0 Å². The first-order valence-electron chi connectivity index (χ1n) is 10.8. The molecule has 0 radical (unpaired) electrons. The SMILES string of the molecule is Cc1cccc(C(=O)N2CCC(Cc3ccc(C(=O)N4CCCC4)cc3)CC2)c1. The fraction of sp³-hybridized carbons (Fsp3) is 0.440. The normalized spacial score (nSPS) is 17.6. The van der Waals surface area contributed by atoms with Crippen LogP contribution in [-0.4, -0.2) is 47.8 Å². The molecule has 2 fully saturated rings. The highest BCUT2D eigenvalue weighted by molar-refractivity contribution is 5.95. The van der Waals surface area contributed by atoms with Crippen molar-refractivity contribution in [3.63, 3.8) is 0 Å². The van der Waals surface area contributed by atoms with Crippen LogP contribution in [0.15, 0.2) is 48.5 Å². The third kappa shape index (κ3) is 4.69. The molecule has 2 aliphatic heterocycles. The van der Waals surface area contributed by atoms with Gasteiger partial charge < -0.3 is 9.80 Å². The van der Waals surface area contributed by atoms with Gasteiger partial charge in [-0.25, -0.2) is 0 Å². The minimum absolute atomic E-state index is 0.150. The fourth-order valence-electron chi connectivity index (χ4n) is 4.52. The zero-order valence-electron chi connectivity index (χ0n) is 17.3. The summed E-state index contributed by atoms with van der Waals surface area (Å²) in [6.07, 6.45) is 5.33. The monoisotopic (exact) mass is 390 g/mol. The first-order chi connectivity index (χ1) is 14.1. The number of aryl methyl sites for hydroxylation is 1. The summed E-state index contributed by atoms with van der Waals surface area (Å²) < 4.78 is 0. The van der Waals surface area contributed by atoms with Crippen LogP contribution in [0.2, 0.25) is 0 Å². The standard InChI is InChI=1S/C25H30N2O2/c1-19-5-4-6-23(17-19)25(29)27-15-11-21(12-16-27)18-20-7-9-22(10-8-20)24(28)26-13-2-3-14-26/h4-10,17,21H,2-3,11-16,18H2,1H3. The van der Waals surface area contributed by atoms with E-state index in [9.17, 15) is 9.59 Å². The van der Waals surface area contributed by atoms with Crippen LogP contribution in [0.5, 0.6) is 0 Å². The van der Waals surface area contributed by atoms with Crippen LogP contribution in [0.4, 0.5) is 0 Å². The summed E-state index contributed by atoms with van der Waals surface area (Å²) in [5.74, 6) is 0.908. The highest BCUT2D eigenvalue weighted by atomic mass is 16.2. The molecule has 0 atom stereocenters. The second-order valence-electron chi connectivity index (χ2n) is 8.51. The van der Waals surface area contributed by atoms with Gasteiger partial charge in [0.25, 0.3) is 11.8 Å². The van der Waals surface area contributed by atoms with Gasteiger partial charge >= 0.3 is 0 Å². The van der Waals surface area contributed by atoms with Gasteiger partial charge in [0.2, 0.25) is 0 Å². The Balaban J connectivity index is 1.29. The molecule has 4 heteroatoms. The Morgan fingerprint density at radius 3 is 2.10 bits per heavy atom. The van der Waals surface area contributed by atoms with Gasteiger partial charge in [-0.05, 0) is 74.8 Å². The van der Waals surface area contributed by atoms with Crippen molar-refractivity contribution in [2.24, 2.45) is 5.92 Å². The van der Waals surface area contributed by atoms with E-state index in [0.717, 1.165) is 75.0 Å². The lowest BCUT2D eigenvalue weighted by atomic mass is 9.89. The van der Waals surface area contributed by atoms with Gasteiger partial charge in [-0.2, -0.15) is 0 Å². The average Bonchev–Trinajstić information content (AvgIpc) is 3.29. The van der Waals surface area contributed by atoms with E-state index in [4.69, 9.17) is 0 Å². The molecule has 0 saturated carbocycles. The van der Waals surface area contributed by atoms with E-state index >= 15 is 0 Å². The molecule has 152 valence electrons. The number of piperidine rings is 1. The summed E-state index contributed by atoms with van der Waals surface area (Å²) in [4.78, 5) is 29.1. The Hall–Kier alpha value is -2.62. The van der Waals surface area contributed by atoms with Gasteiger partial charge in [-0.15, -0.1) is 0 Å². The molecule has 0 aliphatic carbocycles. The Kier molecular flexibility index (Phi) is 5.98. The average molecular weight is 391 g/mol. The first-order valence-corrected chi connectivity index (χ1v) is 10.8. The summed E-state index contributed by atoms with van der Waals surface area (Å²) in [5.41, 5.74) is 4.00. The number of nitrogens with zero attached hydrogens (tertiary/aromatic N) is 2. The molecule has 2 heterocycles. The molecule has 2 amide bonds. The lowest BCUT2D eigenvalue weighted by molar-refractivity contribution is 0.0690. The maximum absolute atomic E-state index is 12.7. The highest BCUT2D eigenvalue weighted by Crippen LogP contribution is 2.24. The summed E-state index contributed by atoms with van der Waals surface area (Å²) in [7, 11) is 0. The van der Waals surface area contributed by atoms with Crippen LogP contribution in [0.25, 0.3) is 0 Å². The molecule has 29 heavy (non-hydrogen) atoms. The van der Waals surface area contributed by atoms with E-state index in [0.29, 0.717) is 5.92 Å². The van der Waals surface area contributed by atoms with Crippen molar-refractivity contribution in [3.8, 4) is 0 Å². The summed E-state index contributed by atoms with van der Waals surface area (Å²) in [6, 6.07) is 16.0. The molecule has 0 bridgehead atoms. The first kappa shape index (κ1) is 19.7. The molecule has 0 aromatic heterocycles. The Bertz CT molecular complexity index is 861. The number of carbonyl (C=O) groups is 2. The molecule has 2 aromatic carbocycles. The van der Waals surface area contributed by atoms with Crippen molar-refractivity contribution in [2.75, 3.05) is 26.2 Å². The number of rotatable bonds is 4. The van der Waals surface area contributed by atoms with E-state index in [2.05, 4.69) is 12.1 Å². The van der Waals surface area contributed by atoms with E-state index in [1.54, 1.807) is 0 Å². The minimum Gasteiger partial charge on any atom is -0.339 e. The number of amides is 2. The lowest BCUT2D eigenvalue weighted by Crippen LogP contribution is -2.38. The summed E-state index contributed by atoms with van der Waals surface area (Å²) in [5, 5.41) is 0. The maximum atomic E-state index is 12.7. The van der Waals surface area contributed by atoms with Crippen molar-refractivity contribution >= 4 is 11.8 Å². The zero-order valence-corrected chi connectivity index (χ0v) is 17.3. The number of benzene rings is 2. The van der Waals surface area contributed by atoms with Gasteiger partial charge in [-0.3, -0.25) is 9.59 Å². The van der Waals surface area contributed by atoms with Crippen LogP contribution >= 0.6 is 0 Å². The molecule has 2 saturated heterocycles. The summed E-state index contributed by atoms with van der Waals surface area (Å²) in [6.45, 7) is 5.44. The van der Waals surface area contributed by atoms with Crippen molar-refractivity contribution in [1.29, 1.82) is 0 Å². The highest BCUT2D eigenvalue weighted by Gasteiger charge is 2.24. The topological polar surface area (TPSA) is 40.6 Å². The Morgan fingerprint density at radius 1 is 0.828 bits per heavy atom. The summed E-state index contributed by atoms with van der Waals surface area (Å²) >= 11 is 0. The molecular weight excluding hydrogens is 360 g/mol. The van der Waals surface area contributed by atoms with Gasteiger partial charge in [0.1, 0.15) is 0 Å². The largest absolute Gasteiger partial charge is 0.339 e. The predicted molar refractivity (Wildman–Crippen MR) is 115 cm³/mol. The smallest absolute Gasteiger partial charge is 0.253 e. The molecule has 2 aliphatic rings. The van der Waals surface area contributed by atoms with Crippen molar-refractivity contribution < 1.29 is 9.59 Å². The van der Waals surface area contributed by atoms with E-state index in [1.807, 2.05) is 53.1 Å². The lowest BCUT2D eigenvalue weighted by Gasteiger charge is -2.32. The molecule has 4 nitrogen and oxygen atoms in total. The Morgan fingerprint density at radius 2 is 1.45 bits per heavy atom. The van der Waals surface area contributed by atoms with E-state index < -0.39 is 0 Å². The second kappa shape index (κ2) is 8.81. The minimum atomic E-state index is 0.150. The molecule has 2 aromatic rings. The molecular formula is C25H30N2O2. The third-order valence-electron chi connectivity index (χ3n) is 6.29. The van der Waals surface area contributed by atoms with Gasteiger partial charge in [0.05, 0.1) is 0 Å². The third-order valence-corrected chi connectivity index (χ3v) is 6.29.